The predicted octanol–water partition coefficient (Wildman–Crippen LogP) is 1.55. The first-order chi connectivity index (χ1) is 6.84. The Kier molecular flexibility index (Phi) is 2.94. The van der Waals surface area contributed by atoms with Crippen LogP contribution in [0.5, 0.6) is 0 Å². The molecule has 0 amide bonds. The average molecular weight is 189 g/mol. The highest BCUT2D eigenvalue weighted by molar-refractivity contribution is 5.80. The topological polar surface area (TPSA) is 29.1 Å². The monoisotopic (exact) mass is 189 g/mol. The van der Waals surface area contributed by atoms with Crippen molar-refractivity contribution in [1.82, 2.24) is 5.32 Å². The van der Waals surface area contributed by atoms with E-state index < -0.39 is 0 Å². The third-order valence-corrected chi connectivity index (χ3v) is 2.64. The number of hydrogen-bond donors (Lipinski definition) is 1. The Hall–Kier alpha value is -1.15. The van der Waals surface area contributed by atoms with Crippen molar-refractivity contribution in [2.45, 2.75) is 25.3 Å². The maximum Gasteiger partial charge on any atom is 0.135 e. The second kappa shape index (κ2) is 4.38. The van der Waals surface area contributed by atoms with E-state index in [4.69, 9.17) is 0 Å². The van der Waals surface area contributed by atoms with Crippen LogP contribution in [0.3, 0.4) is 0 Å². The molecule has 0 aromatic heterocycles. The quantitative estimate of drug-likeness (QED) is 0.764. The van der Waals surface area contributed by atoms with Crippen LogP contribution in [0.1, 0.15) is 18.4 Å². The van der Waals surface area contributed by atoms with Crippen LogP contribution < -0.4 is 5.32 Å². The summed E-state index contributed by atoms with van der Waals surface area (Å²) in [4.78, 5) is 11.2. The van der Waals surface area contributed by atoms with Crippen molar-refractivity contribution in [3.05, 3.63) is 35.9 Å². The number of ketones is 1. The molecule has 1 saturated heterocycles. The molecule has 0 spiro atoms. The Bertz CT molecular complexity index is 307. The molecule has 2 nitrogen and oxygen atoms in total. The number of carbonyl (C=O) groups is 1. The highest BCUT2D eigenvalue weighted by Crippen LogP contribution is 2.10. The van der Waals surface area contributed by atoms with E-state index in [1.165, 1.54) is 5.56 Å². The number of nitrogens with one attached hydrogen (secondary N) is 1. The van der Waals surface area contributed by atoms with E-state index in [1.54, 1.807) is 0 Å². The highest BCUT2D eigenvalue weighted by atomic mass is 16.1. The van der Waals surface area contributed by atoms with Crippen LogP contribution in [0, 0.1) is 0 Å². The lowest BCUT2D eigenvalue weighted by atomic mass is 9.97. The number of Topliss-reactive ketones (excluding diaryl/α,β-unsaturated/α-hetero) is 1. The van der Waals surface area contributed by atoms with Gasteiger partial charge in [-0.05, 0) is 12.0 Å². The molecule has 1 fully saturated rings. The summed E-state index contributed by atoms with van der Waals surface area (Å²) in [6, 6.07) is 10.7. The molecular weight excluding hydrogens is 174 g/mol. The molecule has 0 saturated carbocycles. The summed E-state index contributed by atoms with van der Waals surface area (Å²) in [6.45, 7) is 0.844. The Morgan fingerprint density at radius 3 is 2.79 bits per heavy atom. The van der Waals surface area contributed by atoms with Crippen LogP contribution >= 0.6 is 0 Å². The number of carbonyl (C=O) groups excluding carboxylic acids is 1. The minimum atomic E-state index is 0.346. The number of benzene rings is 1. The van der Waals surface area contributed by atoms with Gasteiger partial charge < -0.3 is 5.32 Å². The van der Waals surface area contributed by atoms with Crippen molar-refractivity contribution in [3.63, 3.8) is 0 Å². The maximum atomic E-state index is 11.2. The molecule has 1 atom stereocenters. The molecule has 0 bridgehead atoms. The summed E-state index contributed by atoms with van der Waals surface area (Å²) in [5, 5.41) is 3.38. The number of rotatable bonds is 2. The largest absolute Gasteiger partial charge is 0.313 e. The third kappa shape index (κ3) is 2.42. The Labute approximate surface area is 84.3 Å². The molecule has 0 aliphatic carbocycles. The maximum absolute atomic E-state index is 11.2. The van der Waals surface area contributed by atoms with E-state index in [1.807, 2.05) is 18.2 Å². The van der Waals surface area contributed by atoms with Gasteiger partial charge in [0.25, 0.3) is 0 Å². The molecule has 2 heteroatoms. The van der Waals surface area contributed by atoms with Crippen molar-refractivity contribution in [3.8, 4) is 0 Å². The first-order valence-corrected chi connectivity index (χ1v) is 5.13. The van der Waals surface area contributed by atoms with Gasteiger partial charge in [0.2, 0.25) is 0 Å². The standard InChI is InChI=1S/C12H15NO/c14-12-6-7-13-11(9-12)8-10-4-2-1-3-5-10/h1-5,11,13H,6-9H2/t11-/m0/s1. The van der Waals surface area contributed by atoms with Gasteiger partial charge in [0.05, 0.1) is 0 Å². The predicted molar refractivity (Wildman–Crippen MR) is 56.2 cm³/mol. The average Bonchev–Trinajstić information content (AvgIpc) is 2.19. The summed E-state index contributed by atoms with van der Waals surface area (Å²) in [6.07, 6.45) is 2.35. The zero-order valence-corrected chi connectivity index (χ0v) is 8.20. The number of piperidine rings is 1. The van der Waals surface area contributed by atoms with E-state index in [2.05, 4.69) is 17.4 Å². The van der Waals surface area contributed by atoms with E-state index in [0.717, 1.165) is 13.0 Å². The van der Waals surface area contributed by atoms with Crippen LogP contribution in [0.15, 0.2) is 30.3 Å². The second-order valence-corrected chi connectivity index (χ2v) is 3.83. The molecule has 1 aromatic carbocycles. The molecule has 0 radical (unpaired) electrons. The summed E-state index contributed by atoms with van der Waals surface area (Å²) >= 11 is 0. The molecule has 0 unspecified atom stereocenters. The lowest BCUT2D eigenvalue weighted by molar-refractivity contribution is -0.120. The van der Waals surface area contributed by atoms with Crippen molar-refractivity contribution < 1.29 is 4.79 Å². The lowest BCUT2D eigenvalue weighted by Gasteiger charge is -2.22. The van der Waals surface area contributed by atoms with Crippen LogP contribution in [0.2, 0.25) is 0 Å². The van der Waals surface area contributed by atoms with E-state index in [0.29, 0.717) is 24.7 Å². The molecule has 1 aromatic rings. The van der Waals surface area contributed by atoms with Crippen LogP contribution in [0.25, 0.3) is 0 Å². The summed E-state index contributed by atoms with van der Waals surface area (Å²) in [5.41, 5.74) is 1.31. The Morgan fingerprint density at radius 1 is 1.29 bits per heavy atom. The SMILES string of the molecule is O=C1CCN[C@@H](Cc2ccccc2)C1. The van der Waals surface area contributed by atoms with Gasteiger partial charge in [-0.2, -0.15) is 0 Å². The molecule has 1 heterocycles. The minimum Gasteiger partial charge on any atom is -0.313 e. The second-order valence-electron chi connectivity index (χ2n) is 3.83. The zero-order chi connectivity index (χ0) is 9.80. The molecular formula is C12H15NO. The van der Waals surface area contributed by atoms with Gasteiger partial charge in [-0.3, -0.25) is 4.79 Å². The van der Waals surface area contributed by atoms with Crippen LogP contribution in [0.4, 0.5) is 0 Å². The van der Waals surface area contributed by atoms with Crippen LogP contribution in [-0.4, -0.2) is 18.4 Å². The van der Waals surface area contributed by atoms with Gasteiger partial charge in [-0.25, -0.2) is 0 Å². The first kappa shape index (κ1) is 9.41. The third-order valence-electron chi connectivity index (χ3n) is 2.64. The summed E-state index contributed by atoms with van der Waals surface area (Å²) in [7, 11) is 0. The van der Waals surface area contributed by atoms with Crippen molar-refractivity contribution in [1.29, 1.82) is 0 Å². The van der Waals surface area contributed by atoms with Gasteiger partial charge in [0.1, 0.15) is 5.78 Å². The highest BCUT2D eigenvalue weighted by Gasteiger charge is 2.18. The Balaban J connectivity index is 1.94. The van der Waals surface area contributed by atoms with Gasteiger partial charge in [-0.15, -0.1) is 0 Å². The van der Waals surface area contributed by atoms with Gasteiger partial charge in [0, 0.05) is 25.4 Å². The van der Waals surface area contributed by atoms with Gasteiger partial charge in [0.15, 0.2) is 0 Å². The van der Waals surface area contributed by atoms with E-state index in [9.17, 15) is 4.79 Å². The van der Waals surface area contributed by atoms with Gasteiger partial charge >= 0.3 is 0 Å². The molecule has 14 heavy (non-hydrogen) atoms. The van der Waals surface area contributed by atoms with Gasteiger partial charge in [-0.1, -0.05) is 30.3 Å². The molecule has 2 rings (SSSR count). The normalized spacial score (nSPS) is 22.3. The fourth-order valence-corrected chi connectivity index (χ4v) is 1.91. The first-order valence-electron chi connectivity index (χ1n) is 5.13. The van der Waals surface area contributed by atoms with Crippen molar-refractivity contribution in [2.75, 3.05) is 6.54 Å². The van der Waals surface area contributed by atoms with Crippen LogP contribution in [-0.2, 0) is 11.2 Å². The molecule has 1 aliphatic rings. The molecule has 74 valence electrons. The fourth-order valence-electron chi connectivity index (χ4n) is 1.91. The fraction of sp³-hybridized carbons (Fsp3) is 0.417. The molecule has 1 aliphatic heterocycles. The number of hydrogen-bond acceptors (Lipinski definition) is 2. The van der Waals surface area contributed by atoms with Crippen molar-refractivity contribution in [2.24, 2.45) is 0 Å². The van der Waals surface area contributed by atoms with E-state index >= 15 is 0 Å². The lowest BCUT2D eigenvalue weighted by Crippen LogP contribution is -2.39. The van der Waals surface area contributed by atoms with E-state index in [-0.39, 0.29) is 0 Å². The zero-order valence-electron chi connectivity index (χ0n) is 8.20. The smallest absolute Gasteiger partial charge is 0.135 e. The summed E-state index contributed by atoms with van der Waals surface area (Å²) < 4.78 is 0. The summed E-state index contributed by atoms with van der Waals surface area (Å²) in [5.74, 6) is 0.393. The Morgan fingerprint density at radius 2 is 2.07 bits per heavy atom. The van der Waals surface area contributed by atoms with Crippen molar-refractivity contribution >= 4 is 5.78 Å². The molecule has 1 N–H and O–H groups in total. The minimum absolute atomic E-state index is 0.346.